The number of fused-ring (bicyclic) bond motifs is 8. The van der Waals surface area contributed by atoms with E-state index in [9.17, 15) is 19.8 Å². The van der Waals surface area contributed by atoms with Crippen LogP contribution < -0.4 is 0 Å². The minimum absolute atomic E-state index is 0.0541. The van der Waals surface area contributed by atoms with Gasteiger partial charge in [-0.15, -0.1) is 0 Å². The highest BCUT2D eigenvalue weighted by Crippen LogP contribution is 2.67. The fraction of sp³-hybridized carbons (Fsp3) is 0.793. The first-order chi connectivity index (χ1) is 16.4. The van der Waals surface area contributed by atoms with Crippen LogP contribution in [0.1, 0.15) is 79.6 Å². The number of rotatable bonds is 3. The second-order valence-corrected chi connectivity index (χ2v) is 13.0. The molecule has 6 rings (SSSR count). The van der Waals surface area contributed by atoms with Crippen molar-refractivity contribution in [2.45, 2.75) is 110 Å². The molecule has 192 valence electrons. The van der Waals surface area contributed by atoms with E-state index in [1.54, 1.807) is 5.57 Å². The molecule has 6 nitrogen and oxygen atoms in total. The number of ether oxygens (including phenoxy) is 2. The van der Waals surface area contributed by atoms with Crippen molar-refractivity contribution in [3.63, 3.8) is 0 Å². The molecule has 6 heteroatoms. The SMILES string of the molecule is CC(=O)[C@](O)(C(C)C)[C@H]1O[C@H](O)[C@@H]2[C@H]1O[C@H]1C=C3C4=C(CC[C@]3(C)[C@@H]21)[C@@]1(C)CCC(=O)C[C@@H]1CC4. The molecular weight excluding hydrogens is 444 g/mol. The molecule has 0 aromatic rings. The summed E-state index contributed by atoms with van der Waals surface area (Å²) in [6.07, 6.45) is 6.14. The number of hydrogen-bond acceptors (Lipinski definition) is 6. The lowest BCUT2D eigenvalue weighted by molar-refractivity contribution is -0.201. The monoisotopic (exact) mass is 484 g/mol. The summed E-state index contributed by atoms with van der Waals surface area (Å²) in [6.45, 7) is 9.72. The maximum absolute atomic E-state index is 12.5. The Morgan fingerprint density at radius 1 is 1.14 bits per heavy atom. The molecule has 0 aromatic heterocycles. The quantitative estimate of drug-likeness (QED) is 0.631. The molecule has 35 heavy (non-hydrogen) atoms. The van der Waals surface area contributed by atoms with E-state index in [2.05, 4.69) is 19.9 Å². The molecule has 0 bridgehead atoms. The van der Waals surface area contributed by atoms with Crippen LogP contribution >= 0.6 is 0 Å². The topological polar surface area (TPSA) is 93.1 Å². The molecule has 6 aliphatic rings. The molecule has 10 atom stereocenters. The largest absolute Gasteiger partial charge is 0.379 e. The summed E-state index contributed by atoms with van der Waals surface area (Å²) in [7, 11) is 0. The van der Waals surface area contributed by atoms with Gasteiger partial charge < -0.3 is 19.7 Å². The number of carbonyl (C=O) groups excluding carboxylic acids is 2. The van der Waals surface area contributed by atoms with Gasteiger partial charge in [0.25, 0.3) is 0 Å². The van der Waals surface area contributed by atoms with Crippen molar-refractivity contribution in [2.75, 3.05) is 0 Å². The zero-order chi connectivity index (χ0) is 25.1. The Morgan fingerprint density at radius 3 is 2.54 bits per heavy atom. The van der Waals surface area contributed by atoms with Gasteiger partial charge >= 0.3 is 0 Å². The van der Waals surface area contributed by atoms with Gasteiger partial charge in [0.1, 0.15) is 11.9 Å². The lowest BCUT2D eigenvalue weighted by atomic mass is 9.51. The number of carbonyl (C=O) groups is 2. The second-order valence-electron chi connectivity index (χ2n) is 13.0. The third kappa shape index (κ3) is 2.97. The molecule has 0 amide bonds. The third-order valence-electron chi connectivity index (χ3n) is 11.3. The van der Waals surface area contributed by atoms with Gasteiger partial charge in [-0.05, 0) is 72.8 Å². The van der Waals surface area contributed by atoms with E-state index in [1.807, 2.05) is 13.8 Å². The number of aliphatic hydroxyl groups is 2. The summed E-state index contributed by atoms with van der Waals surface area (Å²) in [4.78, 5) is 24.7. The fourth-order valence-corrected chi connectivity index (χ4v) is 9.17. The van der Waals surface area contributed by atoms with Crippen molar-refractivity contribution in [1.29, 1.82) is 0 Å². The Kier molecular flexibility index (Phi) is 5.21. The standard InChI is InChI=1S/C29H40O6/c1-14(2)29(33,15(3)30)25-24-22(26(32)35-25)23-21(34-24)13-20-18-7-6-16-12-17(31)8-10-27(16,4)19(18)9-11-28(20,23)5/h13-14,16,21-26,32-33H,6-12H2,1-5H3/t16-,21-,22-,23+,24+,25-,26-,27-,28-,29+/m0/s1. The van der Waals surface area contributed by atoms with E-state index in [-0.39, 0.29) is 40.5 Å². The number of hydrogen-bond donors (Lipinski definition) is 2. The van der Waals surface area contributed by atoms with Crippen LogP contribution in [0.2, 0.25) is 0 Å². The molecule has 2 aliphatic heterocycles. The molecule has 3 fully saturated rings. The lowest BCUT2D eigenvalue weighted by Gasteiger charge is -2.52. The fourth-order valence-electron chi connectivity index (χ4n) is 9.17. The van der Waals surface area contributed by atoms with E-state index in [0.717, 1.165) is 38.5 Å². The molecule has 0 aromatic carbocycles. The zero-order valence-electron chi connectivity index (χ0n) is 21.7. The van der Waals surface area contributed by atoms with Gasteiger partial charge in [0.2, 0.25) is 0 Å². The van der Waals surface area contributed by atoms with Crippen molar-refractivity contribution < 1.29 is 29.3 Å². The van der Waals surface area contributed by atoms with Crippen LogP contribution in [0, 0.1) is 34.5 Å². The second kappa shape index (κ2) is 7.59. The Hall–Kier alpha value is -1.34. The lowest BCUT2D eigenvalue weighted by Crippen LogP contribution is -2.57. The smallest absolute Gasteiger partial charge is 0.164 e. The van der Waals surface area contributed by atoms with Crippen molar-refractivity contribution in [1.82, 2.24) is 0 Å². The van der Waals surface area contributed by atoms with Crippen molar-refractivity contribution >= 4 is 11.6 Å². The summed E-state index contributed by atoms with van der Waals surface area (Å²) >= 11 is 0. The summed E-state index contributed by atoms with van der Waals surface area (Å²) in [6, 6.07) is 0. The average molecular weight is 485 g/mol. The van der Waals surface area contributed by atoms with Gasteiger partial charge in [-0.2, -0.15) is 0 Å². The van der Waals surface area contributed by atoms with Crippen LogP contribution in [-0.4, -0.2) is 52.0 Å². The summed E-state index contributed by atoms with van der Waals surface area (Å²) in [5, 5.41) is 22.5. The highest BCUT2D eigenvalue weighted by atomic mass is 16.7. The highest BCUT2D eigenvalue weighted by molar-refractivity contribution is 5.86. The van der Waals surface area contributed by atoms with Gasteiger partial charge in [-0.1, -0.05) is 39.3 Å². The van der Waals surface area contributed by atoms with Gasteiger partial charge in [-0.25, -0.2) is 0 Å². The zero-order valence-corrected chi connectivity index (χ0v) is 21.7. The van der Waals surface area contributed by atoms with E-state index in [0.29, 0.717) is 18.1 Å². The highest BCUT2D eigenvalue weighted by Gasteiger charge is 2.68. The van der Waals surface area contributed by atoms with Crippen molar-refractivity contribution in [3.05, 3.63) is 22.8 Å². The molecule has 0 radical (unpaired) electrons. The van der Waals surface area contributed by atoms with Crippen LogP contribution in [-0.2, 0) is 19.1 Å². The number of allylic oxidation sites excluding steroid dienone is 3. The molecule has 2 saturated heterocycles. The predicted octanol–water partition coefficient (Wildman–Crippen LogP) is 3.89. The van der Waals surface area contributed by atoms with Crippen molar-refractivity contribution in [3.8, 4) is 0 Å². The van der Waals surface area contributed by atoms with E-state index >= 15 is 0 Å². The Labute approximate surface area is 208 Å². The first kappa shape index (κ1) is 24.0. The number of Topliss-reactive ketones (excluding diaryl/α,β-unsaturated/α-hetero) is 2. The molecule has 0 unspecified atom stereocenters. The van der Waals surface area contributed by atoms with Crippen molar-refractivity contribution in [2.24, 2.45) is 34.5 Å². The van der Waals surface area contributed by atoms with Crippen LogP contribution in [0.25, 0.3) is 0 Å². The summed E-state index contributed by atoms with van der Waals surface area (Å²) in [5.41, 5.74) is 2.70. The Balaban J connectivity index is 1.36. The first-order valence-electron chi connectivity index (χ1n) is 13.6. The summed E-state index contributed by atoms with van der Waals surface area (Å²) < 4.78 is 12.5. The molecule has 2 N–H and O–H groups in total. The molecule has 4 aliphatic carbocycles. The normalized spacial score (nSPS) is 48.1. The first-order valence-corrected chi connectivity index (χ1v) is 13.6. The molecule has 2 heterocycles. The maximum atomic E-state index is 12.5. The molecular formula is C29H40O6. The predicted molar refractivity (Wildman–Crippen MR) is 129 cm³/mol. The van der Waals surface area contributed by atoms with Crippen LogP contribution in [0.5, 0.6) is 0 Å². The van der Waals surface area contributed by atoms with Crippen LogP contribution in [0.4, 0.5) is 0 Å². The number of aliphatic hydroxyl groups excluding tert-OH is 1. The summed E-state index contributed by atoms with van der Waals surface area (Å²) in [5.74, 6) is -0.0598. The Morgan fingerprint density at radius 2 is 1.86 bits per heavy atom. The molecule has 1 saturated carbocycles. The van der Waals surface area contributed by atoms with Crippen LogP contribution in [0.15, 0.2) is 22.8 Å². The third-order valence-corrected chi connectivity index (χ3v) is 11.3. The van der Waals surface area contributed by atoms with Gasteiger partial charge in [0.05, 0.1) is 12.2 Å². The van der Waals surface area contributed by atoms with E-state index in [4.69, 9.17) is 9.47 Å². The van der Waals surface area contributed by atoms with E-state index in [1.165, 1.54) is 18.1 Å². The van der Waals surface area contributed by atoms with Gasteiger partial charge in [0.15, 0.2) is 17.7 Å². The van der Waals surface area contributed by atoms with Crippen LogP contribution in [0.3, 0.4) is 0 Å². The minimum Gasteiger partial charge on any atom is -0.379 e. The van der Waals surface area contributed by atoms with Gasteiger partial charge in [0, 0.05) is 24.7 Å². The Bertz CT molecular complexity index is 1040. The maximum Gasteiger partial charge on any atom is 0.164 e. The number of ketones is 2. The van der Waals surface area contributed by atoms with Gasteiger partial charge in [-0.3, -0.25) is 9.59 Å². The molecule has 0 spiro atoms. The van der Waals surface area contributed by atoms with E-state index < -0.39 is 24.1 Å². The minimum atomic E-state index is -1.69. The average Bonchev–Trinajstić information content (AvgIpc) is 3.41.